The molecule has 2 atom stereocenters. The molecule has 0 aliphatic carbocycles. The number of rotatable bonds is 3. The average molecular weight is 387 g/mol. The first-order chi connectivity index (χ1) is 13.0. The number of halogens is 1. The highest BCUT2D eigenvalue weighted by Crippen LogP contribution is 2.41. The monoisotopic (exact) mass is 386 g/mol. The van der Waals surface area contributed by atoms with Gasteiger partial charge in [0.15, 0.2) is 11.5 Å². The van der Waals surface area contributed by atoms with Crippen molar-refractivity contribution in [2.75, 3.05) is 18.1 Å². The number of primary amides is 1. The van der Waals surface area contributed by atoms with Crippen LogP contribution < -0.4 is 20.1 Å². The molecule has 2 heterocycles. The average Bonchev–Trinajstić information content (AvgIpc) is 2.89. The second kappa shape index (κ2) is 7.31. The molecule has 0 unspecified atom stereocenters. The van der Waals surface area contributed by atoms with Gasteiger partial charge in [-0.3, -0.25) is 4.79 Å². The maximum absolute atomic E-state index is 11.9. The number of carbonyl (C=O) groups excluding carboxylic acids is 1. The van der Waals surface area contributed by atoms with E-state index in [4.69, 9.17) is 26.8 Å². The molecule has 2 aromatic rings. The molecule has 0 fully saturated rings. The summed E-state index contributed by atoms with van der Waals surface area (Å²) in [5.74, 6) is 0.800. The largest absolute Gasteiger partial charge is 0.489 e. The number of para-hydroxylation sites is 1. The summed E-state index contributed by atoms with van der Waals surface area (Å²) < 4.78 is 11.5. The van der Waals surface area contributed by atoms with E-state index in [-0.39, 0.29) is 17.9 Å². The molecule has 5 nitrogen and oxygen atoms in total. The van der Waals surface area contributed by atoms with Crippen molar-refractivity contribution in [3.63, 3.8) is 0 Å². The standard InChI is InChI=1S/C21H23ClN2O3/c1-13-9-16(21(23)25)15-5-2-3-6-18(15)24(13)12-14-10-17(22)20-19(11-14)26-7-4-8-27-20/h2-3,5-6,10-11,13,16H,4,7-9,12H2,1H3,(H2,23,25)/t13-,16+/m1/s1. The van der Waals surface area contributed by atoms with E-state index in [1.165, 1.54) is 0 Å². The first-order valence-corrected chi connectivity index (χ1v) is 9.65. The maximum Gasteiger partial charge on any atom is 0.225 e. The number of carbonyl (C=O) groups is 1. The van der Waals surface area contributed by atoms with Crippen LogP contribution >= 0.6 is 11.6 Å². The van der Waals surface area contributed by atoms with Crippen LogP contribution in [0.4, 0.5) is 5.69 Å². The first kappa shape index (κ1) is 18.0. The van der Waals surface area contributed by atoms with E-state index in [0.29, 0.717) is 42.7 Å². The third-order valence-electron chi connectivity index (χ3n) is 5.29. The molecule has 0 bridgehead atoms. The zero-order valence-electron chi connectivity index (χ0n) is 15.3. The van der Waals surface area contributed by atoms with Crippen molar-refractivity contribution in [2.24, 2.45) is 5.73 Å². The van der Waals surface area contributed by atoms with Crippen LogP contribution in [0.25, 0.3) is 0 Å². The molecule has 6 heteroatoms. The van der Waals surface area contributed by atoms with Gasteiger partial charge in [0.05, 0.1) is 24.2 Å². The summed E-state index contributed by atoms with van der Waals surface area (Å²) in [6.07, 6.45) is 1.54. The van der Waals surface area contributed by atoms with Gasteiger partial charge in [-0.25, -0.2) is 0 Å². The quantitative estimate of drug-likeness (QED) is 0.869. The number of benzene rings is 2. The summed E-state index contributed by atoms with van der Waals surface area (Å²) in [7, 11) is 0. The normalized spacial score (nSPS) is 21.3. The Bertz CT molecular complexity index is 871. The summed E-state index contributed by atoms with van der Waals surface area (Å²) in [6.45, 7) is 4.02. The van der Waals surface area contributed by atoms with Gasteiger partial charge in [-0.15, -0.1) is 0 Å². The van der Waals surface area contributed by atoms with Gasteiger partial charge >= 0.3 is 0 Å². The number of fused-ring (bicyclic) bond motifs is 2. The van der Waals surface area contributed by atoms with Crippen molar-refractivity contribution in [1.29, 1.82) is 0 Å². The fourth-order valence-corrected chi connectivity index (χ4v) is 4.25. The van der Waals surface area contributed by atoms with E-state index < -0.39 is 0 Å². The zero-order valence-corrected chi connectivity index (χ0v) is 16.0. The third kappa shape index (κ3) is 3.44. The molecule has 2 N–H and O–H groups in total. The number of nitrogens with two attached hydrogens (primary N) is 1. The minimum atomic E-state index is -0.271. The predicted octanol–water partition coefficient (Wildman–Crippen LogP) is 3.87. The van der Waals surface area contributed by atoms with Crippen molar-refractivity contribution in [1.82, 2.24) is 0 Å². The van der Waals surface area contributed by atoms with Crippen LogP contribution in [0.2, 0.25) is 5.02 Å². The lowest BCUT2D eigenvalue weighted by atomic mass is 9.85. The topological polar surface area (TPSA) is 64.8 Å². The Kier molecular flexibility index (Phi) is 4.87. The number of amides is 1. The van der Waals surface area contributed by atoms with Crippen LogP contribution in [0.1, 0.15) is 36.8 Å². The first-order valence-electron chi connectivity index (χ1n) is 9.27. The Morgan fingerprint density at radius 2 is 2.04 bits per heavy atom. The van der Waals surface area contributed by atoms with Crippen molar-refractivity contribution in [3.05, 3.63) is 52.5 Å². The Balaban J connectivity index is 1.68. The van der Waals surface area contributed by atoms with Gasteiger partial charge in [-0.05, 0) is 42.7 Å². The SMILES string of the molecule is C[C@@H]1C[C@H](C(N)=O)c2ccccc2N1Cc1cc(Cl)c2c(c1)OCCCO2. The van der Waals surface area contributed by atoms with E-state index in [9.17, 15) is 4.79 Å². The summed E-state index contributed by atoms with van der Waals surface area (Å²) in [5, 5.41) is 0.567. The molecule has 1 amide bonds. The minimum absolute atomic E-state index is 0.173. The van der Waals surface area contributed by atoms with E-state index in [2.05, 4.69) is 11.8 Å². The van der Waals surface area contributed by atoms with Crippen LogP contribution in [-0.2, 0) is 11.3 Å². The number of hydrogen-bond acceptors (Lipinski definition) is 4. The lowest BCUT2D eigenvalue weighted by molar-refractivity contribution is -0.119. The molecule has 0 radical (unpaired) electrons. The molecular formula is C21H23ClN2O3. The summed E-state index contributed by atoms with van der Waals surface area (Å²) >= 11 is 6.45. The zero-order chi connectivity index (χ0) is 19.0. The minimum Gasteiger partial charge on any atom is -0.489 e. The summed E-state index contributed by atoms with van der Waals surface area (Å²) in [5.41, 5.74) is 8.73. The molecule has 27 heavy (non-hydrogen) atoms. The van der Waals surface area contributed by atoms with Gasteiger partial charge in [-0.2, -0.15) is 0 Å². The Labute approximate surface area is 164 Å². The third-order valence-corrected chi connectivity index (χ3v) is 5.57. The van der Waals surface area contributed by atoms with Gasteiger partial charge in [0, 0.05) is 24.7 Å². The highest BCUT2D eigenvalue weighted by atomic mass is 35.5. The molecule has 2 aliphatic rings. The molecule has 4 rings (SSSR count). The lowest BCUT2D eigenvalue weighted by Gasteiger charge is -2.40. The fraction of sp³-hybridized carbons (Fsp3) is 0.381. The number of nitrogens with zero attached hydrogens (tertiary/aromatic N) is 1. The van der Waals surface area contributed by atoms with Crippen LogP contribution in [0.3, 0.4) is 0 Å². The smallest absolute Gasteiger partial charge is 0.225 e. The van der Waals surface area contributed by atoms with Crippen molar-refractivity contribution in [3.8, 4) is 11.5 Å². The number of ether oxygens (including phenoxy) is 2. The van der Waals surface area contributed by atoms with Crippen molar-refractivity contribution < 1.29 is 14.3 Å². The van der Waals surface area contributed by atoms with Crippen LogP contribution in [0.15, 0.2) is 36.4 Å². The summed E-state index contributed by atoms with van der Waals surface area (Å²) in [4.78, 5) is 14.2. The highest BCUT2D eigenvalue weighted by molar-refractivity contribution is 6.32. The van der Waals surface area contributed by atoms with Gasteiger partial charge < -0.3 is 20.1 Å². The molecule has 0 saturated carbocycles. The Morgan fingerprint density at radius 1 is 1.26 bits per heavy atom. The van der Waals surface area contributed by atoms with E-state index in [0.717, 1.165) is 23.2 Å². The van der Waals surface area contributed by atoms with E-state index in [1.54, 1.807) is 0 Å². The maximum atomic E-state index is 11.9. The van der Waals surface area contributed by atoms with Crippen molar-refractivity contribution in [2.45, 2.75) is 38.3 Å². The molecule has 2 aliphatic heterocycles. The van der Waals surface area contributed by atoms with Crippen LogP contribution in [0, 0.1) is 0 Å². The van der Waals surface area contributed by atoms with Gasteiger partial charge in [0.2, 0.25) is 5.91 Å². The lowest BCUT2D eigenvalue weighted by Crippen LogP contribution is -2.41. The van der Waals surface area contributed by atoms with E-state index >= 15 is 0 Å². The number of anilines is 1. The number of hydrogen-bond donors (Lipinski definition) is 1. The molecule has 0 aromatic heterocycles. The van der Waals surface area contributed by atoms with Crippen molar-refractivity contribution >= 4 is 23.2 Å². The van der Waals surface area contributed by atoms with Gasteiger partial charge in [0.25, 0.3) is 0 Å². The van der Waals surface area contributed by atoms with Gasteiger partial charge in [0.1, 0.15) is 0 Å². The van der Waals surface area contributed by atoms with E-state index in [1.807, 2.05) is 36.4 Å². The molecule has 2 aromatic carbocycles. The molecule has 0 saturated heterocycles. The fourth-order valence-electron chi connectivity index (χ4n) is 3.96. The predicted molar refractivity (Wildman–Crippen MR) is 106 cm³/mol. The second-order valence-corrected chi connectivity index (χ2v) is 7.59. The summed E-state index contributed by atoms with van der Waals surface area (Å²) in [6, 6.07) is 12.1. The molecule has 142 valence electrons. The second-order valence-electron chi connectivity index (χ2n) is 7.18. The van der Waals surface area contributed by atoms with Crippen LogP contribution in [-0.4, -0.2) is 25.2 Å². The Morgan fingerprint density at radius 3 is 2.85 bits per heavy atom. The molecule has 0 spiro atoms. The van der Waals surface area contributed by atoms with Gasteiger partial charge in [-0.1, -0.05) is 29.8 Å². The van der Waals surface area contributed by atoms with Crippen LogP contribution in [0.5, 0.6) is 11.5 Å². The Hall–Kier alpha value is -2.40. The highest BCUT2D eigenvalue weighted by Gasteiger charge is 2.33. The molecular weight excluding hydrogens is 364 g/mol.